The Morgan fingerprint density at radius 1 is 0.903 bits per heavy atom. The van der Waals surface area contributed by atoms with Crippen molar-refractivity contribution in [2.75, 3.05) is 45.8 Å². The molecular weight excluding hydrogens is 418 g/mol. The number of halogens is 1. The quantitative estimate of drug-likeness (QED) is 0.679. The number of piperidine rings is 1. The number of hydrogen-bond acceptors (Lipinski definition) is 6. The molecule has 2 saturated heterocycles. The number of amides is 2. The molecule has 0 saturated carbocycles. The third-order valence-corrected chi connectivity index (χ3v) is 6.17. The molecule has 8 nitrogen and oxygen atoms in total. The van der Waals surface area contributed by atoms with E-state index in [4.69, 9.17) is 16.1 Å². The van der Waals surface area contributed by atoms with Crippen molar-refractivity contribution in [1.82, 2.24) is 24.8 Å². The van der Waals surface area contributed by atoms with Crippen LogP contribution in [0.4, 0.5) is 0 Å². The lowest BCUT2D eigenvalue weighted by Gasteiger charge is -2.36. The zero-order valence-electron chi connectivity index (χ0n) is 17.6. The van der Waals surface area contributed by atoms with E-state index >= 15 is 0 Å². The van der Waals surface area contributed by atoms with Crippen molar-refractivity contribution >= 4 is 23.4 Å². The molecule has 0 aliphatic carbocycles. The number of benzene rings is 1. The lowest BCUT2D eigenvalue weighted by atomic mass is 10.1. The van der Waals surface area contributed by atoms with Crippen LogP contribution in [0.2, 0.25) is 5.02 Å². The maximum Gasteiger partial charge on any atom is 0.236 e. The first-order valence-electron chi connectivity index (χ1n) is 10.9. The van der Waals surface area contributed by atoms with Crippen molar-refractivity contribution in [1.29, 1.82) is 0 Å². The summed E-state index contributed by atoms with van der Waals surface area (Å²) >= 11 is 5.90. The van der Waals surface area contributed by atoms with Crippen LogP contribution in [0.1, 0.15) is 31.6 Å². The normalized spacial score (nSPS) is 17.7. The van der Waals surface area contributed by atoms with E-state index in [0.717, 1.165) is 44.6 Å². The third-order valence-electron chi connectivity index (χ3n) is 5.92. The highest BCUT2D eigenvalue weighted by Crippen LogP contribution is 2.19. The van der Waals surface area contributed by atoms with E-state index in [-0.39, 0.29) is 11.8 Å². The first-order valence-corrected chi connectivity index (χ1v) is 11.3. The third kappa shape index (κ3) is 5.83. The molecule has 1 aromatic carbocycles. The zero-order valence-corrected chi connectivity index (χ0v) is 18.4. The number of nitrogens with zero attached hydrogens (tertiary/aromatic N) is 5. The molecule has 0 radical (unpaired) electrons. The summed E-state index contributed by atoms with van der Waals surface area (Å²) in [5, 5.41) is 4.63. The fourth-order valence-corrected chi connectivity index (χ4v) is 4.16. The molecule has 3 heterocycles. The largest absolute Gasteiger partial charge is 0.342 e. The Hall–Kier alpha value is -2.45. The van der Waals surface area contributed by atoms with Crippen molar-refractivity contribution in [2.24, 2.45) is 0 Å². The average molecular weight is 446 g/mol. The summed E-state index contributed by atoms with van der Waals surface area (Å²) in [6.45, 7) is 4.97. The maximum atomic E-state index is 12.6. The molecule has 0 atom stereocenters. The van der Waals surface area contributed by atoms with Gasteiger partial charge in [-0.05, 0) is 43.5 Å². The molecule has 4 rings (SSSR count). The van der Waals surface area contributed by atoms with Gasteiger partial charge in [-0.2, -0.15) is 4.98 Å². The summed E-state index contributed by atoms with van der Waals surface area (Å²) in [4.78, 5) is 35.4. The Kier molecular flexibility index (Phi) is 7.19. The number of likely N-dealkylation sites (tertiary alicyclic amines) is 1. The Morgan fingerprint density at radius 3 is 2.29 bits per heavy atom. The highest BCUT2D eigenvalue weighted by atomic mass is 35.5. The molecule has 166 valence electrons. The monoisotopic (exact) mass is 445 g/mol. The molecule has 0 unspecified atom stereocenters. The molecule has 0 spiro atoms. The van der Waals surface area contributed by atoms with Gasteiger partial charge in [-0.15, -0.1) is 0 Å². The van der Waals surface area contributed by atoms with E-state index in [1.54, 1.807) is 12.1 Å². The van der Waals surface area contributed by atoms with Gasteiger partial charge in [0, 0.05) is 62.7 Å². The second kappa shape index (κ2) is 10.2. The van der Waals surface area contributed by atoms with Gasteiger partial charge in [0.1, 0.15) is 0 Å². The van der Waals surface area contributed by atoms with Crippen LogP contribution in [0.15, 0.2) is 28.8 Å². The number of rotatable bonds is 6. The number of carbonyl (C=O) groups excluding carboxylic acids is 2. The molecule has 1 aromatic heterocycles. The zero-order chi connectivity index (χ0) is 21.6. The van der Waals surface area contributed by atoms with Crippen LogP contribution in [-0.2, 0) is 16.0 Å². The van der Waals surface area contributed by atoms with Gasteiger partial charge in [-0.3, -0.25) is 14.5 Å². The summed E-state index contributed by atoms with van der Waals surface area (Å²) in [6, 6.07) is 7.21. The van der Waals surface area contributed by atoms with Crippen molar-refractivity contribution < 1.29 is 14.1 Å². The van der Waals surface area contributed by atoms with E-state index in [2.05, 4.69) is 15.0 Å². The van der Waals surface area contributed by atoms with Gasteiger partial charge in [-0.1, -0.05) is 16.8 Å². The van der Waals surface area contributed by atoms with Gasteiger partial charge in [0.25, 0.3) is 0 Å². The Morgan fingerprint density at radius 2 is 1.58 bits per heavy atom. The summed E-state index contributed by atoms with van der Waals surface area (Å²) in [7, 11) is 0. The first-order chi connectivity index (χ1) is 15.1. The average Bonchev–Trinajstić information content (AvgIpc) is 3.28. The topological polar surface area (TPSA) is 82.8 Å². The molecule has 0 N–H and O–H groups in total. The minimum atomic E-state index is 0.0771. The molecule has 0 bridgehead atoms. The number of hydrogen-bond donors (Lipinski definition) is 0. The Labute approximate surface area is 187 Å². The SMILES string of the molecule is O=C(CCc1nc(-c2ccc(Cl)cc2)no1)N1CCN(CC(=O)N2CCCCC2)CC1. The predicted octanol–water partition coefficient (Wildman–Crippen LogP) is 2.48. The predicted molar refractivity (Wildman–Crippen MR) is 117 cm³/mol. The van der Waals surface area contributed by atoms with E-state index in [9.17, 15) is 9.59 Å². The van der Waals surface area contributed by atoms with Crippen LogP contribution < -0.4 is 0 Å². The molecule has 2 aliphatic heterocycles. The standard InChI is InChI=1S/C22H28ClN5O3/c23-18-6-4-17(5-7-18)22-24-19(31-25-22)8-9-20(29)28-14-12-26(13-15-28)16-21(30)27-10-2-1-3-11-27/h4-7H,1-3,8-16H2. The van der Waals surface area contributed by atoms with Crippen molar-refractivity contribution in [3.05, 3.63) is 35.2 Å². The molecule has 9 heteroatoms. The number of carbonyl (C=O) groups is 2. The molecule has 2 amide bonds. The highest BCUT2D eigenvalue weighted by molar-refractivity contribution is 6.30. The van der Waals surface area contributed by atoms with Crippen LogP contribution in [0.25, 0.3) is 11.4 Å². The lowest BCUT2D eigenvalue weighted by molar-refractivity contribution is -0.135. The van der Waals surface area contributed by atoms with Crippen molar-refractivity contribution in [3.8, 4) is 11.4 Å². The fraction of sp³-hybridized carbons (Fsp3) is 0.545. The number of aryl methyl sites for hydroxylation is 1. The fourth-order valence-electron chi connectivity index (χ4n) is 4.03. The van der Waals surface area contributed by atoms with Gasteiger partial charge in [0.05, 0.1) is 6.54 Å². The van der Waals surface area contributed by atoms with Gasteiger partial charge < -0.3 is 14.3 Å². The van der Waals surface area contributed by atoms with Gasteiger partial charge in [0.15, 0.2) is 0 Å². The molecular formula is C22H28ClN5O3. The molecule has 31 heavy (non-hydrogen) atoms. The minimum Gasteiger partial charge on any atom is -0.342 e. The van der Waals surface area contributed by atoms with E-state index in [1.807, 2.05) is 21.9 Å². The Balaban J connectivity index is 1.20. The molecule has 2 fully saturated rings. The maximum absolute atomic E-state index is 12.6. The van der Waals surface area contributed by atoms with Crippen LogP contribution >= 0.6 is 11.6 Å². The summed E-state index contributed by atoms with van der Waals surface area (Å²) in [5.74, 6) is 1.23. The van der Waals surface area contributed by atoms with E-state index in [0.29, 0.717) is 49.2 Å². The summed E-state index contributed by atoms with van der Waals surface area (Å²) in [6.07, 6.45) is 4.17. The smallest absolute Gasteiger partial charge is 0.236 e. The van der Waals surface area contributed by atoms with Crippen molar-refractivity contribution in [3.63, 3.8) is 0 Å². The second-order valence-corrected chi connectivity index (χ2v) is 8.55. The van der Waals surface area contributed by atoms with Crippen LogP contribution in [0.5, 0.6) is 0 Å². The Bertz CT molecular complexity index is 887. The summed E-state index contributed by atoms with van der Waals surface area (Å²) < 4.78 is 5.29. The van der Waals surface area contributed by atoms with Crippen LogP contribution in [0.3, 0.4) is 0 Å². The van der Waals surface area contributed by atoms with Crippen LogP contribution in [0, 0.1) is 0 Å². The second-order valence-electron chi connectivity index (χ2n) is 8.12. The highest BCUT2D eigenvalue weighted by Gasteiger charge is 2.25. The molecule has 2 aromatic rings. The van der Waals surface area contributed by atoms with E-state index < -0.39 is 0 Å². The lowest BCUT2D eigenvalue weighted by Crippen LogP contribution is -2.52. The minimum absolute atomic E-state index is 0.0771. The van der Waals surface area contributed by atoms with Crippen molar-refractivity contribution in [2.45, 2.75) is 32.1 Å². The summed E-state index contributed by atoms with van der Waals surface area (Å²) in [5.41, 5.74) is 0.820. The molecule has 2 aliphatic rings. The number of aromatic nitrogens is 2. The van der Waals surface area contributed by atoms with Gasteiger partial charge in [-0.25, -0.2) is 0 Å². The van der Waals surface area contributed by atoms with Gasteiger partial charge >= 0.3 is 0 Å². The van der Waals surface area contributed by atoms with Crippen LogP contribution in [-0.4, -0.2) is 82.5 Å². The first kappa shape index (κ1) is 21.8. The van der Waals surface area contributed by atoms with E-state index in [1.165, 1.54) is 6.42 Å². The number of piperazine rings is 1. The van der Waals surface area contributed by atoms with Gasteiger partial charge in [0.2, 0.25) is 23.5 Å².